The van der Waals surface area contributed by atoms with E-state index in [1.54, 1.807) is 43.3 Å². The zero-order valence-corrected chi connectivity index (χ0v) is 16.6. The number of benzene rings is 2. The van der Waals surface area contributed by atoms with E-state index in [4.69, 9.17) is 9.47 Å². The van der Waals surface area contributed by atoms with E-state index in [2.05, 4.69) is 10.6 Å². The van der Waals surface area contributed by atoms with Crippen molar-refractivity contribution in [2.24, 2.45) is 0 Å². The van der Waals surface area contributed by atoms with Crippen molar-refractivity contribution in [1.82, 2.24) is 0 Å². The summed E-state index contributed by atoms with van der Waals surface area (Å²) in [4.78, 5) is 12.3. The molecular weight excluding hydrogens is 368 g/mol. The molecule has 0 bridgehead atoms. The number of aryl methyl sites for hydroxylation is 1. The van der Waals surface area contributed by atoms with Crippen LogP contribution in [0.25, 0.3) is 0 Å². The van der Waals surface area contributed by atoms with Gasteiger partial charge < -0.3 is 20.1 Å². The summed E-state index contributed by atoms with van der Waals surface area (Å²) < 4.78 is 34.6. The lowest BCUT2D eigenvalue weighted by molar-refractivity contribution is -0.114. The number of hydrogen-bond acceptors (Lipinski definition) is 6. The summed E-state index contributed by atoms with van der Waals surface area (Å²) in [7, 11) is -2.07. The number of hydrogen-bond donors (Lipinski definition) is 2. The molecule has 0 aliphatic carbocycles. The Kier molecular flexibility index (Phi) is 6.68. The smallest absolute Gasteiger partial charge is 0.243 e. The Balaban J connectivity index is 2.09. The van der Waals surface area contributed by atoms with Crippen molar-refractivity contribution >= 4 is 27.1 Å². The molecule has 0 aromatic heterocycles. The van der Waals surface area contributed by atoms with E-state index in [-0.39, 0.29) is 23.1 Å². The highest BCUT2D eigenvalue weighted by atomic mass is 32.2. The highest BCUT2D eigenvalue weighted by Gasteiger charge is 2.19. The van der Waals surface area contributed by atoms with Crippen LogP contribution >= 0.6 is 0 Å². The molecule has 1 amide bonds. The van der Waals surface area contributed by atoms with Crippen LogP contribution in [0.4, 0.5) is 11.4 Å². The van der Waals surface area contributed by atoms with Gasteiger partial charge in [-0.1, -0.05) is 0 Å². The van der Waals surface area contributed by atoms with Crippen LogP contribution in [-0.4, -0.2) is 40.8 Å². The standard InChI is InChI=1S/C19H24N2O5S/c1-5-26-15-8-6-14(7-9-15)21-18(22)12-20-16-10-13(2)11-17(19(16)25-3)27(4,23)24/h6-11,20H,5,12H2,1-4H3,(H,21,22). The van der Waals surface area contributed by atoms with E-state index in [0.717, 1.165) is 17.6 Å². The zero-order chi connectivity index (χ0) is 20.0. The Hall–Kier alpha value is -2.74. The van der Waals surface area contributed by atoms with Crippen molar-refractivity contribution in [2.75, 3.05) is 37.2 Å². The summed E-state index contributed by atoms with van der Waals surface area (Å²) in [5, 5.41) is 5.71. The number of amides is 1. The molecule has 27 heavy (non-hydrogen) atoms. The van der Waals surface area contributed by atoms with Gasteiger partial charge in [0.05, 0.1) is 25.9 Å². The topological polar surface area (TPSA) is 93.7 Å². The third-order valence-corrected chi connectivity index (χ3v) is 4.79. The van der Waals surface area contributed by atoms with Gasteiger partial charge in [0, 0.05) is 11.9 Å². The van der Waals surface area contributed by atoms with Gasteiger partial charge in [0.2, 0.25) is 5.91 Å². The summed E-state index contributed by atoms with van der Waals surface area (Å²) in [6.45, 7) is 4.20. The maximum absolute atomic E-state index is 12.2. The van der Waals surface area contributed by atoms with Crippen LogP contribution in [0, 0.1) is 6.92 Å². The molecule has 0 heterocycles. The normalized spacial score (nSPS) is 11.0. The van der Waals surface area contributed by atoms with Crippen LogP contribution in [-0.2, 0) is 14.6 Å². The molecule has 0 fully saturated rings. The third-order valence-electron chi connectivity index (χ3n) is 3.69. The average Bonchev–Trinajstić information content (AvgIpc) is 2.60. The predicted molar refractivity (Wildman–Crippen MR) is 106 cm³/mol. The van der Waals surface area contributed by atoms with Crippen molar-refractivity contribution in [3.8, 4) is 11.5 Å². The first-order chi connectivity index (χ1) is 12.7. The van der Waals surface area contributed by atoms with Gasteiger partial charge in [-0.05, 0) is 55.8 Å². The highest BCUT2D eigenvalue weighted by Crippen LogP contribution is 2.33. The molecule has 7 nitrogen and oxygen atoms in total. The number of carbonyl (C=O) groups is 1. The van der Waals surface area contributed by atoms with Crippen LogP contribution in [0.1, 0.15) is 12.5 Å². The maximum Gasteiger partial charge on any atom is 0.243 e. The Labute approximate surface area is 159 Å². The van der Waals surface area contributed by atoms with E-state index < -0.39 is 9.84 Å². The molecule has 0 atom stereocenters. The van der Waals surface area contributed by atoms with Gasteiger partial charge in [-0.25, -0.2) is 8.42 Å². The van der Waals surface area contributed by atoms with E-state index in [9.17, 15) is 13.2 Å². The number of ether oxygens (including phenoxy) is 2. The van der Waals surface area contributed by atoms with Gasteiger partial charge in [0.1, 0.15) is 10.6 Å². The number of methoxy groups -OCH3 is 1. The largest absolute Gasteiger partial charge is 0.494 e. The predicted octanol–water partition coefficient (Wildman–Crippen LogP) is 2.86. The van der Waals surface area contributed by atoms with Gasteiger partial charge >= 0.3 is 0 Å². The van der Waals surface area contributed by atoms with Crippen molar-refractivity contribution in [3.63, 3.8) is 0 Å². The van der Waals surface area contributed by atoms with E-state index in [1.807, 2.05) is 6.92 Å². The van der Waals surface area contributed by atoms with E-state index >= 15 is 0 Å². The number of nitrogens with one attached hydrogen (secondary N) is 2. The van der Waals surface area contributed by atoms with Gasteiger partial charge in [0.15, 0.2) is 15.6 Å². The quantitative estimate of drug-likeness (QED) is 0.717. The highest BCUT2D eigenvalue weighted by molar-refractivity contribution is 7.90. The van der Waals surface area contributed by atoms with Gasteiger partial charge in [-0.3, -0.25) is 4.79 Å². The molecular formula is C19H24N2O5S. The first-order valence-electron chi connectivity index (χ1n) is 8.40. The van der Waals surface area contributed by atoms with Crippen LogP contribution in [0.2, 0.25) is 0 Å². The zero-order valence-electron chi connectivity index (χ0n) is 15.8. The minimum atomic E-state index is -3.46. The molecule has 0 unspecified atom stereocenters. The van der Waals surface area contributed by atoms with Crippen molar-refractivity contribution in [1.29, 1.82) is 0 Å². The Morgan fingerprint density at radius 1 is 1.15 bits per heavy atom. The molecule has 2 aromatic rings. The van der Waals surface area contributed by atoms with Gasteiger partial charge in [0.25, 0.3) is 0 Å². The molecule has 2 aromatic carbocycles. The number of anilines is 2. The molecule has 0 radical (unpaired) electrons. The van der Waals surface area contributed by atoms with Crippen LogP contribution in [0.3, 0.4) is 0 Å². The Morgan fingerprint density at radius 2 is 1.81 bits per heavy atom. The fraction of sp³-hybridized carbons (Fsp3) is 0.316. The fourth-order valence-corrected chi connectivity index (χ4v) is 3.47. The summed E-state index contributed by atoms with van der Waals surface area (Å²) in [5.74, 6) is 0.645. The minimum absolute atomic E-state index is 0.0454. The second-order valence-corrected chi connectivity index (χ2v) is 7.96. The summed E-state index contributed by atoms with van der Waals surface area (Å²) >= 11 is 0. The molecule has 146 valence electrons. The summed E-state index contributed by atoms with van der Waals surface area (Å²) in [6, 6.07) is 10.3. The Morgan fingerprint density at radius 3 is 2.37 bits per heavy atom. The first-order valence-corrected chi connectivity index (χ1v) is 10.3. The van der Waals surface area contributed by atoms with E-state index in [0.29, 0.717) is 18.0 Å². The summed E-state index contributed by atoms with van der Waals surface area (Å²) in [6.07, 6.45) is 1.12. The van der Waals surface area contributed by atoms with Crippen LogP contribution in [0.5, 0.6) is 11.5 Å². The third kappa shape index (κ3) is 5.62. The molecule has 0 saturated carbocycles. The molecule has 2 rings (SSSR count). The monoisotopic (exact) mass is 392 g/mol. The molecule has 0 saturated heterocycles. The lowest BCUT2D eigenvalue weighted by Gasteiger charge is -2.15. The number of sulfone groups is 1. The van der Waals surface area contributed by atoms with E-state index in [1.165, 1.54) is 7.11 Å². The summed E-state index contributed by atoms with van der Waals surface area (Å²) in [5.41, 5.74) is 1.82. The second-order valence-electron chi connectivity index (χ2n) is 5.98. The molecule has 0 spiro atoms. The maximum atomic E-state index is 12.2. The number of carbonyl (C=O) groups excluding carboxylic acids is 1. The molecule has 0 aliphatic rings. The van der Waals surface area contributed by atoms with Crippen molar-refractivity contribution < 1.29 is 22.7 Å². The van der Waals surface area contributed by atoms with Crippen LogP contribution in [0.15, 0.2) is 41.3 Å². The van der Waals surface area contributed by atoms with Gasteiger partial charge in [-0.2, -0.15) is 0 Å². The second kappa shape index (κ2) is 8.77. The lowest BCUT2D eigenvalue weighted by Crippen LogP contribution is -2.22. The molecule has 2 N–H and O–H groups in total. The minimum Gasteiger partial charge on any atom is -0.494 e. The lowest BCUT2D eigenvalue weighted by atomic mass is 10.2. The first kappa shape index (κ1) is 20.6. The molecule has 0 aliphatic heterocycles. The fourth-order valence-electron chi connectivity index (χ4n) is 2.54. The van der Waals surface area contributed by atoms with Crippen LogP contribution < -0.4 is 20.1 Å². The van der Waals surface area contributed by atoms with Gasteiger partial charge in [-0.15, -0.1) is 0 Å². The SMILES string of the molecule is CCOc1ccc(NC(=O)CNc2cc(C)cc(S(C)(=O)=O)c2OC)cc1. The number of rotatable bonds is 8. The van der Waals surface area contributed by atoms with Crippen molar-refractivity contribution in [2.45, 2.75) is 18.7 Å². The Bertz CT molecular complexity index is 908. The van der Waals surface area contributed by atoms with Crippen molar-refractivity contribution in [3.05, 3.63) is 42.0 Å². The molecule has 8 heteroatoms. The average molecular weight is 392 g/mol.